The summed E-state index contributed by atoms with van der Waals surface area (Å²) in [6, 6.07) is 0. The molecule has 78 valence electrons. The zero-order valence-electron chi connectivity index (χ0n) is 8.10. The molecule has 1 N–H and O–H groups in total. The van der Waals surface area contributed by atoms with E-state index in [-0.39, 0.29) is 4.90 Å². The van der Waals surface area contributed by atoms with Crippen LogP contribution in [0.1, 0.15) is 0 Å². The molecule has 0 fully saturated rings. The topological polar surface area (TPSA) is 83.1 Å². The van der Waals surface area contributed by atoms with E-state index in [1.165, 1.54) is 0 Å². The number of H-pyrrole nitrogens is 1. The van der Waals surface area contributed by atoms with E-state index in [4.69, 9.17) is 0 Å². The molecule has 6 nitrogen and oxygen atoms in total. The maximum absolute atomic E-state index is 11.3. The molecule has 0 bridgehead atoms. The summed E-state index contributed by atoms with van der Waals surface area (Å²) in [5, 5.41) is 0. The van der Waals surface area contributed by atoms with Crippen molar-refractivity contribution in [1.82, 2.24) is 9.97 Å². The molecular formula is C7H11N3O3S. The molecule has 0 spiro atoms. The number of hydrogen-bond donors (Lipinski definition) is 1. The van der Waals surface area contributed by atoms with E-state index in [1.54, 1.807) is 19.0 Å². The van der Waals surface area contributed by atoms with Gasteiger partial charge >= 0.3 is 0 Å². The van der Waals surface area contributed by atoms with Gasteiger partial charge in [0.2, 0.25) is 5.95 Å². The lowest BCUT2D eigenvalue weighted by Gasteiger charge is -2.09. The zero-order chi connectivity index (χ0) is 10.9. The van der Waals surface area contributed by atoms with Crippen LogP contribution in [0.4, 0.5) is 5.95 Å². The van der Waals surface area contributed by atoms with Gasteiger partial charge in [0.25, 0.3) is 5.56 Å². The molecule has 14 heavy (non-hydrogen) atoms. The van der Waals surface area contributed by atoms with E-state index >= 15 is 0 Å². The zero-order valence-corrected chi connectivity index (χ0v) is 8.92. The molecule has 0 aliphatic rings. The van der Waals surface area contributed by atoms with Crippen LogP contribution >= 0.6 is 0 Å². The Balaban J connectivity index is 3.36. The van der Waals surface area contributed by atoms with Crippen molar-refractivity contribution in [2.45, 2.75) is 4.90 Å². The van der Waals surface area contributed by atoms with E-state index in [2.05, 4.69) is 9.97 Å². The molecule has 1 aromatic heterocycles. The van der Waals surface area contributed by atoms with Gasteiger partial charge in [-0.05, 0) is 0 Å². The van der Waals surface area contributed by atoms with Crippen LogP contribution < -0.4 is 10.5 Å². The third kappa shape index (κ3) is 2.11. The summed E-state index contributed by atoms with van der Waals surface area (Å²) in [7, 11) is -0.115. The van der Waals surface area contributed by atoms with Gasteiger partial charge in [-0.1, -0.05) is 0 Å². The molecular weight excluding hydrogens is 206 g/mol. The molecule has 0 radical (unpaired) electrons. The van der Waals surface area contributed by atoms with E-state index < -0.39 is 15.4 Å². The Morgan fingerprint density at radius 2 is 2.00 bits per heavy atom. The highest BCUT2D eigenvalue weighted by molar-refractivity contribution is 7.90. The second kappa shape index (κ2) is 3.41. The van der Waals surface area contributed by atoms with Crippen LogP contribution in [-0.2, 0) is 9.84 Å². The van der Waals surface area contributed by atoms with E-state index in [0.717, 1.165) is 12.5 Å². The Morgan fingerprint density at radius 3 is 2.36 bits per heavy atom. The molecule has 0 aromatic carbocycles. The van der Waals surface area contributed by atoms with Gasteiger partial charge < -0.3 is 4.90 Å². The summed E-state index contributed by atoms with van der Waals surface area (Å²) in [6.07, 6.45) is 2.03. The second-order valence-corrected chi connectivity index (χ2v) is 5.05. The molecule has 0 amide bonds. The van der Waals surface area contributed by atoms with Crippen molar-refractivity contribution < 1.29 is 8.42 Å². The lowest BCUT2D eigenvalue weighted by Crippen LogP contribution is -2.22. The fraction of sp³-hybridized carbons (Fsp3) is 0.429. The Kier molecular flexibility index (Phi) is 2.61. The average molecular weight is 217 g/mol. The Morgan fingerprint density at radius 1 is 1.43 bits per heavy atom. The highest BCUT2D eigenvalue weighted by atomic mass is 32.2. The van der Waals surface area contributed by atoms with Crippen LogP contribution in [-0.4, -0.2) is 38.7 Å². The Labute approximate surface area is 81.5 Å². The normalized spacial score (nSPS) is 11.4. The van der Waals surface area contributed by atoms with Crippen molar-refractivity contribution in [3.63, 3.8) is 0 Å². The van der Waals surface area contributed by atoms with Gasteiger partial charge in [-0.2, -0.15) is 0 Å². The first-order chi connectivity index (χ1) is 6.32. The summed E-state index contributed by atoms with van der Waals surface area (Å²) < 4.78 is 22.1. The van der Waals surface area contributed by atoms with E-state index in [0.29, 0.717) is 5.95 Å². The Bertz CT molecular complexity index is 489. The highest BCUT2D eigenvalue weighted by Gasteiger charge is 2.13. The molecule has 0 saturated carbocycles. The third-order valence-electron chi connectivity index (χ3n) is 1.58. The van der Waals surface area contributed by atoms with Crippen LogP contribution in [0.3, 0.4) is 0 Å². The number of rotatable bonds is 2. The SMILES string of the molecule is CN(C)c1ncc(S(C)(=O)=O)c(=O)[nH]1. The van der Waals surface area contributed by atoms with Crippen molar-refractivity contribution in [1.29, 1.82) is 0 Å². The predicted octanol–water partition coefficient (Wildman–Crippen LogP) is -0.761. The highest BCUT2D eigenvalue weighted by Crippen LogP contribution is 2.03. The first-order valence-electron chi connectivity index (χ1n) is 3.79. The molecule has 0 atom stereocenters. The van der Waals surface area contributed by atoms with Crippen molar-refractivity contribution in [3.05, 3.63) is 16.6 Å². The minimum absolute atomic E-state index is 0.317. The van der Waals surface area contributed by atoms with Crippen molar-refractivity contribution in [2.24, 2.45) is 0 Å². The lowest BCUT2D eigenvalue weighted by atomic mass is 10.6. The summed E-state index contributed by atoms with van der Waals surface area (Å²) in [5.74, 6) is 0.322. The number of sulfone groups is 1. The predicted molar refractivity (Wildman–Crippen MR) is 52.3 cm³/mol. The van der Waals surface area contributed by atoms with Gasteiger partial charge in [-0.3, -0.25) is 9.78 Å². The number of nitrogens with one attached hydrogen (secondary N) is 1. The molecule has 0 unspecified atom stereocenters. The monoisotopic (exact) mass is 217 g/mol. The van der Waals surface area contributed by atoms with Gasteiger partial charge in [-0.25, -0.2) is 13.4 Å². The molecule has 0 aliphatic heterocycles. The standard InChI is InChI=1S/C7H11N3O3S/c1-10(2)7-8-4-5(6(11)9-7)14(3,12)13/h4H,1-3H3,(H,8,9,11). The van der Waals surface area contributed by atoms with Crippen molar-refractivity contribution >= 4 is 15.8 Å². The smallest absolute Gasteiger partial charge is 0.271 e. The molecule has 1 heterocycles. The second-order valence-electron chi connectivity index (χ2n) is 3.07. The summed E-state index contributed by atoms with van der Waals surface area (Å²) in [4.78, 5) is 18.7. The summed E-state index contributed by atoms with van der Waals surface area (Å²) in [6.45, 7) is 0. The third-order valence-corrected chi connectivity index (χ3v) is 2.67. The molecule has 7 heteroatoms. The molecule has 0 aliphatic carbocycles. The number of aromatic amines is 1. The molecule has 1 aromatic rings. The van der Waals surface area contributed by atoms with E-state index in [9.17, 15) is 13.2 Å². The van der Waals surface area contributed by atoms with Crippen LogP contribution in [0.25, 0.3) is 0 Å². The van der Waals surface area contributed by atoms with Gasteiger partial charge in [0.15, 0.2) is 9.84 Å². The van der Waals surface area contributed by atoms with Crippen molar-refractivity contribution in [2.75, 3.05) is 25.3 Å². The minimum atomic E-state index is -3.50. The summed E-state index contributed by atoms with van der Waals surface area (Å²) in [5.41, 5.74) is -0.647. The number of anilines is 1. The maximum Gasteiger partial charge on any atom is 0.271 e. The first-order valence-corrected chi connectivity index (χ1v) is 5.68. The van der Waals surface area contributed by atoms with Crippen LogP contribution in [0.2, 0.25) is 0 Å². The largest absolute Gasteiger partial charge is 0.348 e. The lowest BCUT2D eigenvalue weighted by molar-refractivity contribution is 0.600. The number of hydrogen-bond acceptors (Lipinski definition) is 5. The van der Waals surface area contributed by atoms with E-state index in [1.807, 2.05) is 0 Å². The van der Waals surface area contributed by atoms with Crippen molar-refractivity contribution in [3.8, 4) is 0 Å². The number of nitrogens with zero attached hydrogens (tertiary/aromatic N) is 2. The fourth-order valence-corrected chi connectivity index (χ4v) is 1.50. The van der Waals surface area contributed by atoms with Gasteiger partial charge in [0, 0.05) is 20.4 Å². The maximum atomic E-state index is 11.3. The minimum Gasteiger partial charge on any atom is -0.348 e. The number of aromatic nitrogens is 2. The van der Waals surface area contributed by atoms with Gasteiger partial charge in [0.05, 0.1) is 6.20 Å². The van der Waals surface area contributed by atoms with Gasteiger partial charge in [0.1, 0.15) is 4.90 Å². The van der Waals surface area contributed by atoms with Crippen LogP contribution in [0.15, 0.2) is 15.9 Å². The van der Waals surface area contributed by atoms with Gasteiger partial charge in [-0.15, -0.1) is 0 Å². The summed E-state index contributed by atoms with van der Waals surface area (Å²) >= 11 is 0. The molecule has 0 saturated heterocycles. The molecule has 1 rings (SSSR count). The Hall–Kier alpha value is -1.37. The fourth-order valence-electron chi connectivity index (χ4n) is 0.865. The first kappa shape index (κ1) is 10.7. The van der Waals surface area contributed by atoms with Crippen LogP contribution in [0.5, 0.6) is 0 Å². The van der Waals surface area contributed by atoms with Crippen LogP contribution in [0, 0.1) is 0 Å². The quantitative estimate of drug-likeness (QED) is 0.704. The average Bonchev–Trinajstić information content (AvgIpc) is 2.01.